The number of pyridine rings is 1. The van der Waals surface area contributed by atoms with Crippen LogP contribution in [0.25, 0.3) is 5.65 Å². The number of guanidine groups is 1. The largest absolute Gasteiger partial charge is 1.00 e. The van der Waals surface area contributed by atoms with Gasteiger partial charge in [-0.3, -0.25) is 0 Å². The van der Waals surface area contributed by atoms with Crippen LogP contribution < -0.4 is 37.6 Å². The fraction of sp³-hybridized carbons (Fsp3) is 0.167. The first kappa shape index (κ1) is 22.7. The maximum atomic E-state index is 5.89. The van der Waals surface area contributed by atoms with Crippen LogP contribution in [0, 0.1) is 6.92 Å². The molecular weight excluding hydrogens is 476 g/mol. The lowest BCUT2D eigenvalue weighted by Gasteiger charge is -2.04. The summed E-state index contributed by atoms with van der Waals surface area (Å²) in [4.78, 5) is 0. The highest BCUT2D eigenvalue weighted by atomic mass is 79.9. The Labute approximate surface area is 178 Å². The van der Waals surface area contributed by atoms with E-state index in [1.165, 1.54) is 5.69 Å². The van der Waals surface area contributed by atoms with Crippen LogP contribution in [0.15, 0.2) is 58.9 Å². The highest BCUT2D eigenvalue weighted by molar-refractivity contribution is 8.93. The van der Waals surface area contributed by atoms with E-state index in [1.54, 1.807) is 6.21 Å². The van der Waals surface area contributed by atoms with Gasteiger partial charge in [0.2, 0.25) is 5.96 Å². The van der Waals surface area contributed by atoms with Crippen molar-refractivity contribution in [2.75, 3.05) is 0 Å². The summed E-state index contributed by atoms with van der Waals surface area (Å²) in [6, 6.07) is 13.8. The maximum Gasteiger partial charge on any atom is 0.286 e. The van der Waals surface area contributed by atoms with E-state index in [0.717, 1.165) is 22.7 Å². The van der Waals surface area contributed by atoms with Gasteiger partial charge in [-0.05, 0) is 42.8 Å². The van der Waals surface area contributed by atoms with Gasteiger partial charge in [0.25, 0.3) is 5.65 Å². The highest BCUT2D eigenvalue weighted by Crippen LogP contribution is 2.14. The molecule has 2 heterocycles. The van der Waals surface area contributed by atoms with Gasteiger partial charge in [0, 0.05) is 6.07 Å². The number of fused-ring (bicyclic) bond motifs is 1. The highest BCUT2D eigenvalue weighted by Gasteiger charge is 2.15. The number of aromatic nitrogens is 2. The van der Waals surface area contributed by atoms with Crippen LogP contribution in [0.5, 0.6) is 5.75 Å². The third kappa shape index (κ3) is 5.54. The Balaban J connectivity index is 0.00000182. The van der Waals surface area contributed by atoms with Gasteiger partial charge < -0.3 is 33.2 Å². The number of imidazole rings is 1. The lowest BCUT2D eigenvalue weighted by Crippen LogP contribution is -3.00. The molecule has 0 atom stereocenters. The van der Waals surface area contributed by atoms with Crippen LogP contribution in [0.1, 0.15) is 17.0 Å². The third-order valence-electron chi connectivity index (χ3n) is 3.91. The summed E-state index contributed by atoms with van der Waals surface area (Å²) in [6.07, 6.45) is 3.67. The number of benzene rings is 1. The van der Waals surface area contributed by atoms with E-state index in [-0.39, 0.29) is 39.9 Å². The maximum absolute atomic E-state index is 5.89. The van der Waals surface area contributed by atoms with Gasteiger partial charge in [-0.15, -0.1) is 22.1 Å². The van der Waals surface area contributed by atoms with Crippen molar-refractivity contribution in [3.63, 3.8) is 0 Å². The molecule has 0 saturated carbocycles. The molecule has 27 heavy (non-hydrogen) atoms. The summed E-state index contributed by atoms with van der Waals surface area (Å²) in [5.41, 5.74) is 14.7. The van der Waals surface area contributed by atoms with Crippen molar-refractivity contribution in [1.82, 2.24) is 4.57 Å². The van der Waals surface area contributed by atoms with E-state index < -0.39 is 0 Å². The molecule has 1 aromatic carbocycles. The Hall–Kier alpha value is -2.39. The molecule has 0 unspecified atom stereocenters. The molecule has 3 aromatic rings. The molecule has 144 valence electrons. The Morgan fingerprint density at radius 1 is 1.19 bits per heavy atom. The normalized spacial score (nSPS) is 10.3. The molecule has 4 N–H and O–H groups in total. The summed E-state index contributed by atoms with van der Waals surface area (Å²) in [5, 5.41) is 7.34. The molecule has 9 heteroatoms. The van der Waals surface area contributed by atoms with Crippen molar-refractivity contribution in [2.24, 2.45) is 28.7 Å². The van der Waals surface area contributed by atoms with Crippen LogP contribution in [0.4, 0.5) is 0 Å². The summed E-state index contributed by atoms with van der Waals surface area (Å²) < 4.78 is 10.2. The molecule has 3 rings (SSSR count). The van der Waals surface area contributed by atoms with Crippen molar-refractivity contribution >= 4 is 34.8 Å². The molecule has 0 amide bonds. The lowest BCUT2D eigenvalue weighted by atomic mass is 10.2. The number of nitrogens with two attached hydrogens (primary N) is 2. The van der Waals surface area contributed by atoms with E-state index >= 15 is 0 Å². The van der Waals surface area contributed by atoms with Gasteiger partial charge in [0.05, 0.1) is 13.3 Å². The number of hydrogen-bond acceptors (Lipinski definition) is 3. The van der Waals surface area contributed by atoms with Gasteiger partial charge in [-0.25, -0.2) is 4.57 Å². The molecule has 2 aromatic heterocycles. The van der Waals surface area contributed by atoms with E-state index in [0.29, 0.717) is 6.61 Å². The van der Waals surface area contributed by atoms with Gasteiger partial charge >= 0.3 is 0 Å². The first-order chi connectivity index (χ1) is 12.0. The van der Waals surface area contributed by atoms with E-state index in [2.05, 4.69) is 50.5 Å². The quantitative estimate of drug-likeness (QED) is 0.201. The molecular formula is C18H22Br2N6O. The number of nitrogens with zero attached hydrogens (tertiary/aromatic N) is 4. The first-order valence-electron chi connectivity index (χ1n) is 7.85. The average Bonchev–Trinajstić information content (AvgIpc) is 2.92. The molecule has 0 fully saturated rings. The van der Waals surface area contributed by atoms with E-state index in [4.69, 9.17) is 16.2 Å². The Kier molecular flexibility index (Phi) is 8.45. The predicted octanol–water partition coefficient (Wildman–Crippen LogP) is -1.16. The van der Waals surface area contributed by atoms with E-state index in [1.807, 2.05) is 31.3 Å². The van der Waals surface area contributed by atoms with Crippen LogP contribution >= 0.6 is 17.0 Å². The second kappa shape index (κ2) is 10.1. The summed E-state index contributed by atoms with van der Waals surface area (Å²) in [7, 11) is 2.04. The van der Waals surface area contributed by atoms with Gasteiger partial charge in [0.1, 0.15) is 17.6 Å². The zero-order valence-electron chi connectivity index (χ0n) is 15.0. The molecule has 0 spiro atoms. The summed E-state index contributed by atoms with van der Waals surface area (Å²) >= 11 is 0. The lowest BCUT2D eigenvalue weighted by molar-refractivity contribution is -0.518. The SMILES string of the molecule is Br.Cc1cccc2n(C)c(COc3ccc(/C=N/N=C(N)N)cc3)c[n+]12.[Br-]. The van der Waals surface area contributed by atoms with E-state index in [9.17, 15) is 0 Å². The van der Waals surface area contributed by atoms with Crippen molar-refractivity contribution in [2.45, 2.75) is 13.5 Å². The topological polar surface area (TPSA) is 95.0 Å². The van der Waals surface area contributed by atoms with Gasteiger partial charge in [0.15, 0.2) is 12.3 Å². The fourth-order valence-corrected chi connectivity index (χ4v) is 2.54. The monoisotopic (exact) mass is 496 g/mol. The second-order valence-electron chi connectivity index (χ2n) is 5.70. The molecule has 0 aliphatic rings. The van der Waals surface area contributed by atoms with Crippen molar-refractivity contribution in [3.8, 4) is 5.75 Å². The Morgan fingerprint density at radius 2 is 1.89 bits per heavy atom. The molecule has 0 aliphatic carbocycles. The second-order valence-corrected chi connectivity index (χ2v) is 5.70. The number of halogens is 2. The van der Waals surface area contributed by atoms with Crippen LogP contribution in [-0.2, 0) is 13.7 Å². The zero-order chi connectivity index (χ0) is 17.8. The molecule has 0 radical (unpaired) electrons. The van der Waals surface area contributed by atoms with Crippen LogP contribution in [0.3, 0.4) is 0 Å². The third-order valence-corrected chi connectivity index (χ3v) is 3.91. The smallest absolute Gasteiger partial charge is 0.286 e. The van der Waals surface area contributed by atoms with Crippen molar-refractivity contribution in [3.05, 3.63) is 65.6 Å². The molecule has 0 bridgehead atoms. The number of ether oxygens (including phenoxy) is 1. The van der Waals surface area contributed by atoms with Gasteiger partial charge in [-0.1, -0.05) is 6.07 Å². The summed E-state index contributed by atoms with van der Waals surface area (Å²) in [5.74, 6) is 0.713. The van der Waals surface area contributed by atoms with Crippen molar-refractivity contribution < 1.29 is 26.1 Å². The Morgan fingerprint density at radius 3 is 2.52 bits per heavy atom. The van der Waals surface area contributed by atoms with Crippen molar-refractivity contribution in [1.29, 1.82) is 0 Å². The first-order valence-corrected chi connectivity index (χ1v) is 7.85. The minimum Gasteiger partial charge on any atom is -1.00 e. The summed E-state index contributed by atoms with van der Waals surface area (Å²) in [6.45, 7) is 2.57. The number of rotatable bonds is 5. The molecule has 0 aliphatic heterocycles. The predicted molar refractivity (Wildman–Crippen MR) is 108 cm³/mol. The van der Waals surface area contributed by atoms with Crippen LogP contribution in [-0.4, -0.2) is 16.7 Å². The minimum absolute atomic E-state index is 0. The minimum atomic E-state index is -0.0701. The zero-order valence-corrected chi connectivity index (χ0v) is 18.3. The van der Waals surface area contributed by atoms with Crippen LogP contribution in [0.2, 0.25) is 0 Å². The van der Waals surface area contributed by atoms with Gasteiger partial charge in [-0.2, -0.15) is 9.50 Å². The molecule has 7 nitrogen and oxygen atoms in total. The fourth-order valence-electron chi connectivity index (χ4n) is 2.54. The Bertz CT molecular complexity index is 946. The number of hydrogen-bond donors (Lipinski definition) is 2. The average molecular weight is 498 g/mol. The molecule has 0 saturated heterocycles. The standard InChI is InChI=1S/C18H21N6O.2BrH/c1-13-4-3-5-17-23(2)15(11-24(13)17)12-25-16-8-6-14(7-9-16)10-21-22-18(19)20;;/h3-11H,12H2,1-2H3,(H4,19,20,22);2*1H/q+1;;/p-1/b21-10+;;. The number of aryl methyl sites for hydroxylation is 2.